The third-order valence-corrected chi connectivity index (χ3v) is 3.44. The van der Waals surface area contributed by atoms with Crippen LogP contribution < -0.4 is 0 Å². The topological polar surface area (TPSA) is 60.4 Å². The number of Topliss-reactive ketones (excluding diaryl/α,β-unsaturated/α-hetero) is 2. The van der Waals surface area contributed by atoms with Crippen molar-refractivity contribution in [3.8, 4) is 0 Å². The zero-order valence-electron chi connectivity index (χ0n) is 13.3. The van der Waals surface area contributed by atoms with Gasteiger partial charge in [0.1, 0.15) is 0 Å². The van der Waals surface area contributed by atoms with Gasteiger partial charge in [-0.2, -0.15) is 0 Å². The normalized spacial score (nSPS) is 11.9. The summed E-state index contributed by atoms with van der Waals surface area (Å²) in [5, 5.41) is 0. The van der Waals surface area contributed by atoms with Crippen molar-refractivity contribution in [3.05, 3.63) is 34.4 Å². The number of ketones is 2. The zero-order chi connectivity index (χ0) is 16.2. The van der Waals surface area contributed by atoms with Gasteiger partial charge in [0, 0.05) is 5.56 Å². The molecule has 0 heterocycles. The van der Waals surface area contributed by atoms with Crippen LogP contribution in [-0.2, 0) is 14.3 Å². The molecule has 1 atom stereocenters. The molecule has 0 saturated carbocycles. The molecule has 21 heavy (non-hydrogen) atoms. The lowest BCUT2D eigenvalue weighted by molar-refractivity contribution is -0.154. The third kappa shape index (κ3) is 3.78. The molecule has 114 valence electrons. The maximum Gasteiger partial charge on any atom is 0.375 e. The number of carbonyl (C=O) groups excluding carboxylic acids is 3. The Labute approximate surface area is 125 Å². The lowest BCUT2D eigenvalue weighted by Crippen LogP contribution is -2.32. The van der Waals surface area contributed by atoms with Gasteiger partial charge in [-0.05, 0) is 45.2 Å². The Bertz CT molecular complexity index is 549. The van der Waals surface area contributed by atoms with Gasteiger partial charge in [0.25, 0.3) is 5.78 Å². The van der Waals surface area contributed by atoms with E-state index in [9.17, 15) is 14.4 Å². The highest BCUT2D eigenvalue weighted by molar-refractivity contribution is 6.39. The lowest BCUT2D eigenvalue weighted by Gasteiger charge is -2.16. The Hall–Kier alpha value is -1.97. The predicted octanol–water partition coefficient (Wildman–Crippen LogP) is 2.95. The molecule has 0 aliphatic carbocycles. The first kappa shape index (κ1) is 17.1. The number of hydrogen-bond acceptors (Lipinski definition) is 4. The standard InChI is InChI=1S/C17H22O4/c1-6-13(16(19)17(20)21-7-2)15(18)14-11(4)8-10(3)9-12(14)5/h8-9,13H,6-7H2,1-5H3. The predicted molar refractivity (Wildman–Crippen MR) is 80.4 cm³/mol. The Kier molecular flexibility index (Phi) is 5.82. The monoisotopic (exact) mass is 290 g/mol. The molecule has 0 aromatic heterocycles. The minimum absolute atomic E-state index is 0.123. The van der Waals surface area contributed by atoms with Crippen LogP contribution in [0, 0.1) is 26.7 Å². The summed E-state index contributed by atoms with van der Waals surface area (Å²) in [6.07, 6.45) is 0.281. The Morgan fingerprint density at radius 2 is 1.57 bits per heavy atom. The SMILES string of the molecule is CCOC(=O)C(=O)C(CC)C(=O)c1c(C)cc(C)cc1C. The van der Waals surface area contributed by atoms with Gasteiger partial charge in [-0.25, -0.2) is 4.79 Å². The molecule has 4 heteroatoms. The average Bonchev–Trinajstić information content (AvgIpc) is 2.38. The van der Waals surface area contributed by atoms with Crippen LogP contribution in [0.4, 0.5) is 0 Å². The summed E-state index contributed by atoms with van der Waals surface area (Å²) in [5.74, 6) is -2.96. The second-order valence-corrected chi connectivity index (χ2v) is 5.18. The van der Waals surface area contributed by atoms with E-state index >= 15 is 0 Å². The van der Waals surface area contributed by atoms with E-state index in [4.69, 9.17) is 4.74 Å². The van der Waals surface area contributed by atoms with Gasteiger partial charge in [0.15, 0.2) is 5.78 Å². The summed E-state index contributed by atoms with van der Waals surface area (Å²) in [4.78, 5) is 36.3. The van der Waals surface area contributed by atoms with Crippen LogP contribution in [0.2, 0.25) is 0 Å². The van der Waals surface area contributed by atoms with Crippen molar-refractivity contribution in [2.75, 3.05) is 6.61 Å². The number of hydrogen-bond donors (Lipinski definition) is 0. The van der Waals surface area contributed by atoms with Gasteiger partial charge in [-0.15, -0.1) is 0 Å². The first-order chi connectivity index (χ1) is 9.83. The number of benzene rings is 1. The van der Waals surface area contributed by atoms with Crippen LogP contribution in [0.25, 0.3) is 0 Å². The number of esters is 1. The second-order valence-electron chi connectivity index (χ2n) is 5.18. The fourth-order valence-corrected chi connectivity index (χ4v) is 2.58. The summed E-state index contributed by atoms with van der Waals surface area (Å²) in [6, 6.07) is 3.81. The van der Waals surface area contributed by atoms with E-state index in [1.54, 1.807) is 13.8 Å². The van der Waals surface area contributed by atoms with Crippen LogP contribution in [-0.4, -0.2) is 24.1 Å². The number of rotatable bonds is 6. The Morgan fingerprint density at radius 1 is 1.05 bits per heavy atom. The lowest BCUT2D eigenvalue weighted by atomic mass is 9.86. The van der Waals surface area contributed by atoms with Crippen molar-refractivity contribution in [1.82, 2.24) is 0 Å². The van der Waals surface area contributed by atoms with E-state index in [1.807, 2.05) is 32.9 Å². The van der Waals surface area contributed by atoms with Crippen molar-refractivity contribution in [2.24, 2.45) is 5.92 Å². The molecule has 0 spiro atoms. The van der Waals surface area contributed by atoms with Crippen LogP contribution in [0.5, 0.6) is 0 Å². The summed E-state index contributed by atoms with van der Waals surface area (Å²) in [5.41, 5.74) is 3.25. The van der Waals surface area contributed by atoms with Gasteiger partial charge < -0.3 is 4.74 Å². The van der Waals surface area contributed by atoms with Gasteiger partial charge in [0.05, 0.1) is 12.5 Å². The number of carbonyl (C=O) groups is 3. The smallest absolute Gasteiger partial charge is 0.375 e. The van der Waals surface area contributed by atoms with Gasteiger partial charge in [-0.3, -0.25) is 9.59 Å². The molecule has 4 nitrogen and oxygen atoms in total. The Morgan fingerprint density at radius 3 is 2.00 bits per heavy atom. The van der Waals surface area contributed by atoms with Crippen molar-refractivity contribution >= 4 is 17.5 Å². The average molecular weight is 290 g/mol. The first-order valence-corrected chi connectivity index (χ1v) is 7.16. The van der Waals surface area contributed by atoms with E-state index in [0.717, 1.165) is 16.7 Å². The molecule has 0 fully saturated rings. The number of aryl methyl sites for hydroxylation is 3. The van der Waals surface area contributed by atoms with E-state index in [2.05, 4.69) is 0 Å². The number of ether oxygens (including phenoxy) is 1. The molecule has 0 aliphatic rings. The maximum absolute atomic E-state index is 12.7. The molecule has 1 unspecified atom stereocenters. The minimum atomic E-state index is -0.968. The first-order valence-electron chi connectivity index (χ1n) is 7.16. The van der Waals surface area contributed by atoms with Crippen molar-refractivity contribution < 1.29 is 19.1 Å². The van der Waals surface area contributed by atoms with E-state index in [0.29, 0.717) is 5.56 Å². The quantitative estimate of drug-likeness (QED) is 0.350. The van der Waals surface area contributed by atoms with Crippen LogP contribution in [0.15, 0.2) is 12.1 Å². The van der Waals surface area contributed by atoms with Gasteiger partial charge >= 0.3 is 5.97 Å². The van der Waals surface area contributed by atoms with Crippen LogP contribution in [0.3, 0.4) is 0 Å². The third-order valence-electron chi connectivity index (χ3n) is 3.44. The van der Waals surface area contributed by atoms with Gasteiger partial charge in [-0.1, -0.05) is 24.6 Å². The second kappa shape index (κ2) is 7.16. The molecule has 0 N–H and O–H groups in total. The highest BCUT2D eigenvalue weighted by Crippen LogP contribution is 2.22. The zero-order valence-corrected chi connectivity index (χ0v) is 13.3. The van der Waals surface area contributed by atoms with Crippen molar-refractivity contribution in [1.29, 1.82) is 0 Å². The minimum Gasteiger partial charge on any atom is -0.460 e. The molecular weight excluding hydrogens is 268 g/mol. The molecule has 0 radical (unpaired) electrons. The van der Waals surface area contributed by atoms with E-state index < -0.39 is 17.7 Å². The fraction of sp³-hybridized carbons (Fsp3) is 0.471. The summed E-state index contributed by atoms with van der Waals surface area (Å²) in [6.45, 7) is 9.11. The summed E-state index contributed by atoms with van der Waals surface area (Å²) in [7, 11) is 0. The molecular formula is C17H22O4. The fourth-order valence-electron chi connectivity index (χ4n) is 2.58. The molecule has 0 amide bonds. The molecule has 0 saturated heterocycles. The van der Waals surface area contributed by atoms with Crippen molar-refractivity contribution in [3.63, 3.8) is 0 Å². The summed E-state index contributed by atoms with van der Waals surface area (Å²) >= 11 is 0. The Balaban J connectivity index is 3.16. The largest absolute Gasteiger partial charge is 0.460 e. The van der Waals surface area contributed by atoms with Gasteiger partial charge in [0.2, 0.25) is 0 Å². The highest BCUT2D eigenvalue weighted by Gasteiger charge is 2.33. The van der Waals surface area contributed by atoms with E-state index in [-0.39, 0.29) is 18.8 Å². The molecule has 1 aromatic rings. The van der Waals surface area contributed by atoms with Crippen LogP contribution >= 0.6 is 0 Å². The molecule has 0 bridgehead atoms. The summed E-state index contributed by atoms with van der Waals surface area (Å²) < 4.78 is 4.71. The van der Waals surface area contributed by atoms with Crippen LogP contribution in [0.1, 0.15) is 47.3 Å². The highest BCUT2D eigenvalue weighted by atomic mass is 16.5. The molecule has 1 rings (SSSR count). The molecule has 1 aromatic carbocycles. The maximum atomic E-state index is 12.7. The van der Waals surface area contributed by atoms with Crippen molar-refractivity contribution in [2.45, 2.75) is 41.0 Å². The van der Waals surface area contributed by atoms with E-state index in [1.165, 1.54) is 0 Å². The molecule has 0 aliphatic heterocycles.